The van der Waals surface area contributed by atoms with Crippen LogP contribution in [0.5, 0.6) is 0 Å². The lowest BCUT2D eigenvalue weighted by Gasteiger charge is -2.22. The summed E-state index contributed by atoms with van der Waals surface area (Å²) in [6.07, 6.45) is 0. The Morgan fingerprint density at radius 2 is 1.68 bits per heavy atom. The molecule has 0 spiro atoms. The predicted molar refractivity (Wildman–Crippen MR) is 78.5 cm³/mol. The molecule has 0 saturated heterocycles. The van der Waals surface area contributed by atoms with E-state index in [1.807, 2.05) is 56.2 Å². The van der Waals surface area contributed by atoms with E-state index in [4.69, 9.17) is 0 Å². The van der Waals surface area contributed by atoms with Gasteiger partial charge in [-0.2, -0.15) is 0 Å². The van der Waals surface area contributed by atoms with Crippen molar-refractivity contribution in [2.24, 2.45) is 4.99 Å². The molecule has 0 unspecified atom stereocenters. The van der Waals surface area contributed by atoms with E-state index in [0.717, 1.165) is 5.96 Å². The minimum atomic E-state index is -0.0629. The van der Waals surface area contributed by atoms with Crippen LogP contribution in [0.25, 0.3) is 0 Å². The number of amides is 1. The lowest BCUT2D eigenvalue weighted by molar-refractivity contribution is 0.0955. The van der Waals surface area contributed by atoms with Crippen LogP contribution in [-0.2, 0) is 0 Å². The summed E-state index contributed by atoms with van der Waals surface area (Å²) in [5, 5.41) is 2.85. The van der Waals surface area contributed by atoms with Gasteiger partial charge in [0.25, 0.3) is 5.91 Å². The molecular weight excluding hydrogens is 240 g/mol. The molecule has 0 aliphatic rings. The number of hydrogen-bond donors (Lipinski definition) is 1. The average Bonchev–Trinajstić information content (AvgIpc) is 2.38. The van der Waals surface area contributed by atoms with Crippen LogP contribution in [0.1, 0.15) is 10.4 Å². The number of benzene rings is 1. The van der Waals surface area contributed by atoms with Crippen molar-refractivity contribution in [2.45, 2.75) is 0 Å². The zero-order valence-electron chi connectivity index (χ0n) is 12.1. The maximum absolute atomic E-state index is 11.8. The molecule has 5 nitrogen and oxygen atoms in total. The Kier molecular flexibility index (Phi) is 5.85. The zero-order chi connectivity index (χ0) is 14.3. The van der Waals surface area contributed by atoms with Gasteiger partial charge in [0.05, 0.1) is 6.54 Å². The largest absolute Gasteiger partial charge is 0.350 e. The molecule has 1 amide bonds. The Hall–Kier alpha value is -2.04. The van der Waals surface area contributed by atoms with Crippen LogP contribution >= 0.6 is 0 Å². The van der Waals surface area contributed by atoms with Crippen LogP contribution in [-0.4, -0.2) is 62.9 Å². The van der Waals surface area contributed by atoms with E-state index in [9.17, 15) is 4.79 Å². The molecule has 0 fully saturated rings. The Morgan fingerprint density at radius 1 is 1.11 bits per heavy atom. The molecule has 0 radical (unpaired) electrons. The smallest absolute Gasteiger partial charge is 0.251 e. The number of rotatable bonds is 4. The van der Waals surface area contributed by atoms with E-state index in [2.05, 4.69) is 10.3 Å². The van der Waals surface area contributed by atoms with Gasteiger partial charge in [-0.05, 0) is 12.1 Å². The van der Waals surface area contributed by atoms with Gasteiger partial charge in [-0.15, -0.1) is 0 Å². The molecule has 1 aromatic rings. The molecule has 0 bridgehead atoms. The maximum Gasteiger partial charge on any atom is 0.251 e. The second kappa shape index (κ2) is 7.41. The molecule has 104 valence electrons. The molecule has 0 atom stereocenters. The number of nitrogens with zero attached hydrogens (tertiary/aromatic N) is 3. The topological polar surface area (TPSA) is 47.9 Å². The maximum atomic E-state index is 11.8. The molecule has 0 heterocycles. The first-order chi connectivity index (χ1) is 9.02. The molecular formula is C14H22N4O. The second-order valence-corrected chi connectivity index (χ2v) is 4.59. The fraction of sp³-hybridized carbons (Fsp3) is 0.429. The number of guanidine groups is 1. The predicted octanol–water partition coefficient (Wildman–Crippen LogP) is 0.896. The summed E-state index contributed by atoms with van der Waals surface area (Å²) >= 11 is 0. The van der Waals surface area contributed by atoms with Crippen molar-refractivity contribution >= 4 is 11.9 Å². The Morgan fingerprint density at radius 3 is 2.21 bits per heavy atom. The van der Waals surface area contributed by atoms with Crippen molar-refractivity contribution in [2.75, 3.05) is 41.3 Å². The fourth-order valence-electron chi connectivity index (χ4n) is 1.70. The van der Waals surface area contributed by atoms with Crippen molar-refractivity contribution < 1.29 is 4.79 Å². The Labute approximate surface area is 114 Å². The van der Waals surface area contributed by atoms with Crippen molar-refractivity contribution in [3.8, 4) is 0 Å². The van der Waals surface area contributed by atoms with Gasteiger partial charge in [-0.1, -0.05) is 18.2 Å². The average molecular weight is 262 g/mol. The van der Waals surface area contributed by atoms with E-state index in [0.29, 0.717) is 18.7 Å². The molecule has 1 N–H and O–H groups in total. The van der Waals surface area contributed by atoms with Crippen LogP contribution in [0.3, 0.4) is 0 Å². The molecule has 0 aromatic heterocycles. The molecule has 19 heavy (non-hydrogen) atoms. The van der Waals surface area contributed by atoms with Gasteiger partial charge in [-0.3, -0.25) is 9.79 Å². The van der Waals surface area contributed by atoms with E-state index >= 15 is 0 Å². The number of nitrogens with one attached hydrogen (secondary N) is 1. The van der Waals surface area contributed by atoms with Gasteiger partial charge in [0.15, 0.2) is 5.96 Å². The molecule has 1 aromatic carbocycles. The minimum absolute atomic E-state index is 0.0629. The van der Waals surface area contributed by atoms with Crippen LogP contribution in [0.2, 0.25) is 0 Å². The highest BCUT2D eigenvalue weighted by molar-refractivity contribution is 5.94. The third-order valence-electron chi connectivity index (χ3n) is 2.49. The zero-order valence-corrected chi connectivity index (χ0v) is 12.1. The third kappa shape index (κ3) is 4.99. The monoisotopic (exact) mass is 262 g/mol. The number of carbonyl (C=O) groups excluding carboxylic acids is 1. The normalized spacial score (nSPS) is 9.68. The summed E-state index contributed by atoms with van der Waals surface area (Å²) in [7, 11) is 7.78. The Bertz CT molecular complexity index is 416. The molecule has 0 aliphatic carbocycles. The third-order valence-corrected chi connectivity index (χ3v) is 2.49. The standard InChI is InChI=1S/C14H22N4O/c1-17(2)14(18(3)4)16-11-10-15-13(19)12-8-6-5-7-9-12/h5-9H,10-11H2,1-4H3,(H,15,19). The summed E-state index contributed by atoms with van der Waals surface area (Å²) in [6.45, 7) is 1.09. The minimum Gasteiger partial charge on any atom is -0.350 e. The lowest BCUT2D eigenvalue weighted by atomic mass is 10.2. The van der Waals surface area contributed by atoms with Gasteiger partial charge in [0, 0.05) is 40.3 Å². The highest BCUT2D eigenvalue weighted by Crippen LogP contribution is 1.97. The van der Waals surface area contributed by atoms with E-state index in [1.165, 1.54) is 0 Å². The van der Waals surface area contributed by atoms with E-state index in [-0.39, 0.29) is 5.91 Å². The van der Waals surface area contributed by atoms with Crippen LogP contribution in [0, 0.1) is 0 Å². The first kappa shape index (κ1) is 15.0. The SMILES string of the molecule is CN(C)C(=NCCNC(=O)c1ccccc1)N(C)C. The van der Waals surface area contributed by atoms with Gasteiger partial charge in [-0.25, -0.2) is 0 Å². The molecule has 0 aliphatic heterocycles. The van der Waals surface area contributed by atoms with Gasteiger partial charge in [0.2, 0.25) is 0 Å². The van der Waals surface area contributed by atoms with Gasteiger partial charge >= 0.3 is 0 Å². The van der Waals surface area contributed by atoms with Crippen molar-refractivity contribution in [1.82, 2.24) is 15.1 Å². The van der Waals surface area contributed by atoms with Crippen molar-refractivity contribution in [1.29, 1.82) is 0 Å². The summed E-state index contributed by atoms with van der Waals surface area (Å²) < 4.78 is 0. The van der Waals surface area contributed by atoms with Crippen LogP contribution in [0.4, 0.5) is 0 Å². The Balaban J connectivity index is 2.42. The van der Waals surface area contributed by atoms with Crippen LogP contribution < -0.4 is 5.32 Å². The number of carbonyl (C=O) groups is 1. The van der Waals surface area contributed by atoms with Gasteiger partial charge < -0.3 is 15.1 Å². The quantitative estimate of drug-likeness (QED) is 0.498. The molecule has 1 rings (SSSR count). The molecule has 0 saturated carbocycles. The van der Waals surface area contributed by atoms with E-state index in [1.54, 1.807) is 12.1 Å². The summed E-state index contributed by atoms with van der Waals surface area (Å²) in [4.78, 5) is 20.1. The lowest BCUT2D eigenvalue weighted by Crippen LogP contribution is -2.36. The summed E-state index contributed by atoms with van der Waals surface area (Å²) in [5.74, 6) is 0.820. The number of aliphatic imine (C=N–C) groups is 1. The second-order valence-electron chi connectivity index (χ2n) is 4.59. The highest BCUT2D eigenvalue weighted by atomic mass is 16.1. The van der Waals surface area contributed by atoms with Crippen molar-refractivity contribution in [3.63, 3.8) is 0 Å². The van der Waals surface area contributed by atoms with Gasteiger partial charge in [0.1, 0.15) is 0 Å². The summed E-state index contributed by atoms with van der Waals surface area (Å²) in [5.41, 5.74) is 0.673. The first-order valence-corrected chi connectivity index (χ1v) is 6.24. The fourth-order valence-corrected chi connectivity index (χ4v) is 1.70. The molecule has 5 heteroatoms. The highest BCUT2D eigenvalue weighted by Gasteiger charge is 2.05. The first-order valence-electron chi connectivity index (χ1n) is 6.24. The number of hydrogen-bond acceptors (Lipinski definition) is 2. The van der Waals surface area contributed by atoms with Crippen molar-refractivity contribution in [3.05, 3.63) is 35.9 Å². The van der Waals surface area contributed by atoms with E-state index < -0.39 is 0 Å². The van der Waals surface area contributed by atoms with Crippen LogP contribution in [0.15, 0.2) is 35.3 Å². The summed E-state index contributed by atoms with van der Waals surface area (Å²) in [6, 6.07) is 9.18.